The Kier molecular flexibility index (Phi) is 7.18. The Morgan fingerprint density at radius 2 is 1.70 bits per heavy atom. The van der Waals surface area contributed by atoms with Gasteiger partial charge in [-0.15, -0.1) is 16.9 Å². The number of nitrogens with zero attached hydrogens (tertiary/aromatic N) is 2. The van der Waals surface area contributed by atoms with Crippen molar-refractivity contribution in [2.24, 2.45) is 0 Å². The van der Waals surface area contributed by atoms with Crippen molar-refractivity contribution < 1.29 is 23.4 Å². The van der Waals surface area contributed by atoms with Crippen LogP contribution in [0.4, 0.5) is 6.01 Å². The molecule has 0 fully saturated rings. The summed E-state index contributed by atoms with van der Waals surface area (Å²) in [6, 6.07) is 11.3. The first-order chi connectivity index (χ1) is 14.6. The molecule has 0 aliphatic rings. The Bertz CT molecular complexity index is 979. The number of aromatic nitrogens is 2. The molecule has 1 amide bonds. The summed E-state index contributed by atoms with van der Waals surface area (Å²) < 4.78 is 21.6. The van der Waals surface area contributed by atoms with Gasteiger partial charge < -0.3 is 18.6 Å². The maximum Gasteiger partial charge on any atom is 0.322 e. The monoisotopic (exact) mass is 429 g/mol. The number of benzene rings is 2. The maximum atomic E-state index is 12.3. The molecule has 1 aromatic heterocycles. The summed E-state index contributed by atoms with van der Waals surface area (Å²) in [5.74, 6) is 2.35. The highest BCUT2D eigenvalue weighted by Gasteiger charge is 2.18. The number of hydrogen-bond acceptors (Lipinski definition) is 8. The van der Waals surface area contributed by atoms with Crippen LogP contribution in [-0.4, -0.2) is 43.2 Å². The zero-order valence-electron chi connectivity index (χ0n) is 17.2. The fourth-order valence-electron chi connectivity index (χ4n) is 2.81. The van der Waals surface area contributed by atoms with Gasteiger partial charge in [0.2, 0.25) is 17.5 Å². The number of anilines is 1. The quantitative estimate of drug-likeness (QED) is 0.509. The number of carbonyl (C=O) groups excluding carboxylic acids is 1. The van der Waals surface area contributed by atoms with Gasteiger partial charge in [-0.3, -0.25) is 10.1 Å². The van der Waals surface area contributed by atoms with Crippen LogP contribution in [0.3, 0.4) is 0 Å². The van der Waals surface area contributed by atoms with E-state index in [1.165, 1.54) is 26.2 Å². The first-order valence-corrected chi connectivity index (χ1v) is 10.2. The molecular weight excluding hydrogens is 406 g/mol. The smallest absolute Gasteiger partial charge is 0.322 e. The van der Waals surface area contributed by atoms with Crippen molar-refractivity contribution in [2.75, 3.05) is 32.4 Å². The van der Waals surface area contributed by atoms with Crippen LogP contribution in [-0.2, 0) is 11.2 Å². The average molecular weight is 429 g/mol. The molecule has 0 unspecified atom stereocenters. The number of rotatable bonds is 9. The molecule has 30 heavy (non-hydrogen) atoms. The molecule has 0 bridgehead atoms. The van der Waals surface area contributed by atoms with E-state index in [9.17, 15) is 4.79 Å². The Labute approximate surface area is 178 Å². The van der Waals surface area contributed by atoms with Gasteiger partial charge in [0, 0.05) is 10.5 Å². The van der Waals surface area contributed by atoms with Crippen molar-refractivity contribution in [3.63, 3.8) is 0 Å². The lowest BCUT2D eigenvalue weighted by atomic mass is 10.1. The largest absolute Gasteiger partial charge is 0.493 e. The van der Waals surface area contributed by atoms with Crippen molar-refractivity contribution in [1.82, 2.24) is 10.2 Å². The molecule has 3 rings (SSSR count). The second kappa shape index (κ2) is 10.0. The van der Waals surface area contributed by atoms with Crippen molar-refractivity contribution >= 4 is 23.7 Å². The molecule has 0 aliphatic heterocycles. The van der Waals surface area contributed by atoms with Crippen molar-refractivity contribution in [2.45, 2.75) is 18.2 Å². The van der Waals surface area contributed by atoms with Crippen LogP contribution >= 0.6 is 11.8 Å². The lowest BCUT2D eigenvalue weighted by molar-refractivity contribution is -0.115. The van der Waals surface area contributed by atoms with Gasteiger partial charge in [0.25, 0.3) is 0 Å². The van der Waals surface area contributed by atoms with E-state index in [-0.39, 0.29) is 24.2 Å². The zero-order valence-corrected chi connectivity index (χ0v) is 18.0. The first-order valence-electron chi connectivity index (χ1n) is 9.23. The topological polar surface area (TPSA) is 95.7 Å². The minimum absolute atomic E-state index is 0.0157. The van der Waals surface area contributed by atoms with E-state index in [0.29, 0.717) is 22.8 Å². The number of amides is 1. The lowest BCUT2D eigenvalue weighted by Crippen LogP contribution is -2.14. The van der Waals surface area contributed by atoms with Crippen molar-refractivity contribution in [3.8, 4) is 28.7 Å². The highest BCUT2D eigenvalue weighted by molar-refractivity contribution is 7.99. The Hall–Kier alpha value is -3.20. The van der Waals surface area contributed by atoms with Gasteiger partial charge in [-0.2, -0.15) is 0 Å². The normalized spacial score (nSPS) is 10.5. The van der Waals surface area contributed by atoms with Crippen molar-refractivity contribution in [3.05, 3.63) is 42.0 Å². The molecule has 0 radical (unpaired) electrons. The highest BCUT2D eigenvalue weighted by Crippen LogP contribution is 2.41. The van der Waals surface area contributed by atoms with E-state index < -0.39 is 0 Å². The summed E-state index contributed by atoms with van der Waals surface area (Å²) in [6.45, 7) is 2.10. The first kappa shape index (κ1) is 21.5. The highest BCUT2D eigenvalue weighted by atomic mass is 32.2. The predicted octanol–water partition coefficient (Wildman–Crippen LogP) is 4.06. The van der Waals surface area contributed by atoms with Gasteiger partial charge in [-0.25, -0.2) is 0 Å². The number of nitrogens with one attached hydrogen (secondary N) is 1. The summed E-state index contributed by atoms with van der Waals surface area (Å²) in [7, 11) is 4.57. The van der Waals surface area contributed by atoms with Crippen LogP contribution in [0.15, 0.2) is 45.7 Å². The molecule has 1 N–H and O–H groups in total. The van der Waals surface area contributed by atoms with Gasteiger partial charge in [-0.05, 0) is 35.6 Å². The summed E-state index contributed by atoms with van der Waals surface area (Å²) in [6.07, 6.45) is 0.207. The van der Waals surface area contributed by atoms with E-state index in [4.69, 9.17) is 18.6 Å². The van der Waals surface area contributed by atoms with Gasteiger partial charge in [0.05, 0.1) is 27.8 Å². The summed E-state index contributed by atoms with van der Waals surface area (Å²) in [5, 5.41) is 10.5. The molecule has 8 nitrogen and oxygen atoms in total. The summed E-state index contributed by atoms with van der Waals surface area (Å²) >= 11 is 1.75. The standard InChI is InChI=1S/C21H23N3O5S/c1-5-30-15-8-6-13(7-9-15)10-18(25)22-21-24-23-20(29-21)14-11-16(26-2)19(28-4)17(12-14)27-3/h6-9,11-12H,5,10H2,1-4H3,(H,22,24,25). The fourth-order valence-corrected chi connectivity index (χ4v) is 3.48. The van der Waals surface area contributed by atoms with Crippen LogP contribution in [0.1, 0.15) is 12.5 Å². The molecule has 2 aromatic carbocycles. The predicted molar refractivity (Wildman–Crippen MR) is 115 cm³/mol. The number of carbonyl (C=O) groups is 1. The molecule has 0 atom stereocenters. The molecule has 0 aliphatic carbocycles. The lowest BCUT2D eigenvalue weighted by Gasteiger charge is -2.12. The second-order valence-electron chi connectivity index (χ2n) is 6.13. The molecular formula is C21H23N3O5S. The molecule has 158 valence electrons. The number of methoxy groups -OCH3 is 3. The SMILES string of the molecule is CCSc1ccc(CC(=O)Nc2nnc(-c3cc(OC)c(OC)c(OC)c3)o2)cc1. The molecule has 0 saturated heterocycles. The van der Waals surface area contributed by atoms with Crippen LogP contribution in [0.25, 0.3) is 11.5 Å². The summed E-state index contributed by atoms with van der Waals surface area (Å²) in [5.41, 5.74) is 1.47. The molecule has 3 aromatic rings. The van der Waals surface area contributed by atoms with Gasteiger partial charge in [0.15, 0.2) is 11.5 Å². The number of hydrogen-bond donors (Lipinski definition) is 1. The van der Waals surface area contributed by atoms with E-state index in [1.54, 1.807) is 23.9 Å². The third-order valence-corrected chi connectivity index (χ3v) is 5.08. The third kappa shape index (κ3) is 5.04. The number of thioether (sulfide) groups is 1. The molecule has 9 heteroatoms. The fraction of sp³-hybridized carbons (Fsp3) is 0.286. The van der Waals surface area contributed by atoms with Crippen molar-refractivity contribution in [1.29, 1.82) is 0 Å². The zero-order chi connectivity index (χ0) is 21.5. The number of ether oxygens (including phenoxy) is 3. The van der Waals surface area contributed by atoms with E-state index in [1.807, 2.05) is 24.3 Å². The second-order valence-corrected chi connectivity index (χ2v) is 7.47. The van der Waals surface area contributed by atoms with E-state index >= 15 is 0 Å². The molecule has 1 heterocycles. The molecule has 0 spiro atoms. The third-order valence-electron chi connectivity index (χ3n) is 4.18. The van der Waals surface area contributed by atoms with Crippen LogP contribution in [0, 0.1) is 0 Å². The van der Waals surface area contributed by atoms with Gasteiger partial charge in [0.1, 0.15) is 0 Å². The van der Waals surface area contributed by atoms with Crippen LogP contribution in [0.2, 0.25) is 0 Å². The maximum absolute atomic E-state index is 12.3. The Balaban J connectivity index is 1.71. The van der Waals surface area contributed by atoms with E-state index in [0.717, 1.165) is 11.3 Å². The van der Waals surface area contributed by atoms with Gasteiger partial charge in [-0.1, -0.05) is 24.2 Å². The minimum Gasteiger partial charge on any atom is -0.493 e. The average Bonchev–Trinajstić information content (AvgIpc) is 3.22. The minimum atomic E-state index is -0.244. The molecule has 0 saturated carbocycles. The van der Waals surface area contributed by atoms with Crippen LogP contribution in [0.5, 0.6) is 17.2 Å². The Morgan fingerprint density at radius 3 is 2.27 bits per heavy atom. The van der Waals surface area contributed by atoms with E-state index in [2.05, 4.69) is 22.4 Å². The summed E-state index contributed by atoms with van der Waals surface area (Å²) in [4.78, 5) is 13.5. The van der Waals surface area contributed by atoms with Gasteiger partial charge >= 0.3 is 6.01 Å². The van der Waals surface area contributed by atoms with Crippen LogP contribution < -0.4 is 19.5 Å². The Morgan fingerprint density at radius 1 is 1.03 bits per heavy atom.